The van der Waals surface area contributed by atoms with E-state index in [9.17, 15) is 4.79 Å². The van der Waals surface area contributed by atoms with Gasteiger partial charge in [0.1, 0.15) is 5.54 Å². The van der Waals surface area contributed by atoms with Gasteiger partial charge in [0, 0.05) is 19.1 Å². The molecule has 0 saturated carbocycles. The molecule has 1 aliphatic rings. The van der Waals surface area contributed by atoms with Gasteiger partial charge in [-0.3, -0.25) is 4.79 Å². The molecule has 0 aromatic rings. The Labute approximate surface area is 111 Å². The lowest BCUT2D eigenvalue weighted by Crippen LogP contribution is -2.59. The van der Waals surface area contributed by atoms with E-state index < -0.39 is 5.54 Å². The summed E-state index contributed by atoms with van der Waals surface area (Å²) in [5.74, 6) is -0.282. The zero-order chi connectivity index (χ0) is 13.8. The Kier molecular flexibility index (Phi) is 5.56. The maximum Gasteiger partial charge on any atom is 0.238 e. The van der Waals surface area contributed by atoms with Gasteiger partial charge in [-0.2, -0.15) is 0 Å². The van der Waals surface area contributed by atoms with E-state index in [1.165, 1.54) is 19.4 Å². The highest BCUT2D eigenvalue weighted by atomic mass is 16.1. The third-order valence-corrected chi connectivity index (χ3v) is 3.89. The van der Waals surface area contributed by atoms with Gasteiger partial charge in [-0.25, -0.2) is 0 Å². The zero-order valence-electron chi connectivity index (χ0n) is 12.2. The van der Waals surface area contributed by atoms with Crippen LogP contribution in [-0.2, 0) is 4.79 Å². The summed E-state index contributed by atoms with van der Waals surface area (Å²) < 4.78 is 0. The lowest BCUT2D eigenvalue weighted by Gasteiger charge is -2.34. The van der Waals surface area contributed by atoms with E-state index >= 15 is 0 Å². The normalized spacial score (nSPS) is 24.4. The highest BCUT2D eigenvalue weighted by Crippen LogP contribution is 2.16. The number of amides is 1. The van der Waals surface area contributed by atoms with Crippen LogP contribution in [0.5, 0.6) is 0 Å². The maximum atomic E-state index is 11.6. The molecular formula is C13H28N4O. The number of likely N-dealkylation sites (tertiary alicyclic amines) is 1. The first-order valence-electron chi connectivity index (χ1n) is 6.82. The minimum atomic E-state index is -0.638. The first kappa shape index (κ1) is 15.4. The smallest absolute Gasteiger partial charge is 0.238 e. The van der Waals surface area contributed by atoms with Crippen molar-refractivity contribution in [3.63, 3.8) is 0 Å². The molecule has 1 rings (SSSR count). The Bertz CT molecular complexity index is 284. The van der Waals surface area contributed by atoms with Gasteiger partial charge in [0.15, 0.2) is 0 Å². The average molecular weight is 256 g/mol. The van der Waals surface area contributed by atoms with Crippen molar-refractivity contribution in [2.45, 2.75) is 38.3 Å². The molecule has 2 unspecified atom stereocenters. The number of nitrogens with two attached hydrogens (primary N) is 1. The van der Waals surface area contributed by atoms with Gasteiger partial charge < -0.3 is 20.9 Å². The van der Waals surface area contributed by atoms with Crippen LogP contribution < -0.4 is 11.1 Å². The van der Waals surface area contributed by atoms with Crippen molar-refractivity contribution in [1.29, 1.82) is 0 Å². The Balaban J connectivity index is 2.50. The van der Waals surface area contributed by atoms with Gasteiger partial charge in [-0.05, 0) is 47.0 Å². The second-order valence-corrected chi connectivity index (χ2v) is 5.70. The number of likely N-dealkylation sites (N-methyl/N-ethyl adjacent to an activating group) is 3. The van der Waals surface area contributed by atoms with Crippen molar-refractivity contribution in [2.24, 2.45) is 5.73 Å². The molecule has 1 saturated heterocycles. The van der Waals surface area contributed by atoms with Gasteiger partial charge >= 0.3 is 0 Å². The monoisotopic (exact) mass is 256 g/mol. The van der Waals surface area contributed by atoms with Crippen molar-refractivity contribution in [3.8, 4) is 0 Å². The molecule has 0 aromatic carbocycles. The van der Waals surface area contributed by atoms with Gasteiger partial charge in [-0.1, -0.05) is 6.92 Å². The third kappa shape index (κ3) is 3.93. The number of carbonyl (C=O) groups is 1. The van der Waals surface area contributed by atoms with Crippen LogP contribution in [0.25, 0.3) is 0 Å². The van der Waals surface area contributed by atoms with Crippen LogP contribution in [0, 0.1) is 0 Å². The molecule has 3 N–H and O–H groups in total. The molecule has 0 spiro atoms. The van der Waals surface area contributed by atoms with E-state index in [-0.39, 0.29) is 5.91 Å². The molecule has 2 atom stereocenters. The van der Waals surface area contributed by atoms with E-state index in [1.807, 2.05) is 13.8 Å². The number of nitrogens with zero attached hydrogens (tertiary/aromatic N) is 2. The molecule has 1 aliphatic heterocycles. The molecule has 0 bridgehead atoms. The summed E-state index contributed by atoms with van der Waals surface area (Å²) in [5.41, 5.74) is 4.86. The van der Waals surface area contributed by atoms with E-state index in [0.717, 1.165) is 13.1 Å². The molecule has 106 valence electrons. The summed E-state index contributed by atoms with van der Waals surface area (Å²) in [7, 11) is 4.23. The van der Waals surface area contributed by atoms with Crippen LogP contribution in [0.3, 0.4) is 0 Å². The number of hydrogen-bond acceptors (Lipinski definition) is 4. The van der Waals surface area contributed by atoms with E-state index in [0.29, 0.717) is 12.6 Å². The van der Waals surface area contributed by atoms with E-state index in [2.05, 4.69) is 29.2 Å². The highest BCUT2D eigenvalue weighted by molar-refractivity contribution is 5.84. The van der Waals surface area contributed by atoms with Crippen molar-refractivity contribution in [1.82, 2.24) is 15.1 Å². The molecule has 0 aromatic heterocycles. The molecule has 1 fully saturated rings. The summed E-state index contributed by atoms with van der Waals surface area (Å²) >= 11 is 0. The number of rotatable bonds is 7. The third-order valence-electron chi connectivity index (χ3n) is 3.89. The quantitative estimate of drug-likeness (QED) is 0.666. The second-order valence-electron chi connectivity index (χ2n) is 5.70. The van der Waals surface area contributed by atoms with Crippen LogP contribution in [0.1, 0.15) is 26.7 Å². The minimum absolute atomic E-state index is 0.282. The van der Waals surface area contributed by atoms with Crippen molar-refractivity contribution in [2.75, 3.05) is 40.3 Å². The van der Waals surface area contributed by atoms with Crippen LogP contribution in [-0.4, -0.2) is 67.6 Å². The SMILES string of the molecule is CCNC(C)(CN(C)CC1CCCN1C)C(N)=O. The highest BCUT2D eigenvalue weighted by Gasteiger charge is 2.32. The summed E-state index contributed by atoms with van der Waals surface area (Å²) in [5, 5.41) is 3.20. The topological polar surface area (TPSA) is 61.6 Å². The molecule has 0 aliphatic carbocycles. The van der Waals surface area contributed by atoms with Crippen LogP contribution >= 0.6 is 0 Å². The molecule has 5 heteroatoms. The van der Waals surface area contributed by atoms with Crippen molar-refractivity contribution >= 4 is 5.91 Å². The molecule has 5 nitrogen and oxygen atoms in total. The van der Waals surface area contributed by atoms with E-state index in [4.69, 9.17) is 5.73 Å². The maximum absolute atomic E-state index is 11.6. The Morgan fingerprint density at radius 2 is 2.28 bits per heavy atom. The van der Waals surface area contributed by atoms with Gasteiger partial charge in [0.2, 0.25) is 5.91 Å². The lowest BCUT2D eigenvalue weighted by atomic mass is 10.0. The fraction of sp³-hybridized carbons (Fsp3) is 0.923. The molecule has 1 heterocycles. The van der Waals surface area contributed by atoms with E-state index in [1.54, 1.807) is 0 Å². The Morgan fingerprint density at radius 3 is 2.72 bits per heavy atom. The van der Waals surface area contributed by atoms with Crippen molar-refractivity contribution < 1.29 is 4.79 Å². The fourth-order valence-electron chi connectivity index (χ4n) is 2.79. The van der Waals surface area contributed by atoms with Gasteiger partial charge in [-0.15, -0.1) is 0 Å². The molecule has 1 amide bonds. The number of carbonyl (C=O) groups excluding carboxylic acids is 1. The first-order chi connectivity index (χ1) is 8.39. The summed E-state index contributed by atoms with van der Waals surface area (Å²) in [6.07, 6.45) is 2.52. The predicted octanol–water partition coefficient (Wildman–Crippen LogP) is -0.134. The molecule has 0 radical (unpaired) electrons. The standard InChI is InChI=1S/C13H28N4O/c1-5-15-13(2,12(14)18)10-16(3)9-11-7-6-8-17(11)4/h11,15H,5-10H2,1-4H3,(H2,14,18). The number of primary amides is 1. The number of hydrogen-bond donors (Lipinski definition) is 2. The first-order valence-corrected chi connectivity index (χ1v) is 6.82. The van der Waals surface area contributed by atoms with Gasteiger partial charge in [0.05, 0.1) is 0 Å². The number of nitrogens with one attached hydrogen (secondary N) is 1. The Hall–Kier alpha value is -0.650. The van der Waals surface area contributed by atoms with Crippen LogP contribution in [0.4, 0.5) is 0 Å². The lowest BCUT2D eigenvalue weighted by molar-refractivity contribution is -0.124. The van der Waals surface area contributed by atoms with Crippen molar-refractivity contribution in [3.05, 3.63) is 0 Å². The fourth-order valence-corrected chi connectivity index (χ4v) is 2.79. The zero-order valence-corrected chi connectivity index (χ0v) is 12.2. The predicted molar refractivity (Wildman–Crippen MR) is 74.4 cm³/mol. The van der Waals surface area contributed by atoms with Crippen LogP contribution in [0.2, 0.25) is 0 Å². The summed E-state index contributed by atoms with van der Waals surface area (Å²) in [6.45, 7) is 7.44. The van der Waals surface area contributed by atoms with Crippen LogP contribution in [0.15, 0.2) is 0 Å². The largest absolute Gasteiger partial charge is 0.368 e. The summed E-state index contributed by atoms with van der Waals surface area (Å²) in [4.78, 5) is 16.2. The molecular weight excluding hydrogens is 228 g/mol. The second kappa shape index (κ2) is 6.50. The molecule has 18 heavy (non-hydrogen) atoms. The Morgan fingerprint density at radius 1 is 1.61 bits per heavy atom. The minimum Gasteiger partial charge on any atom is -0.368 e. The van der Waals surface area contributed by atoms with Gasteiger partial charge in [0.25, 0.3) is 0 Å². The summed E-state index contributed by atoms with van der Waals surface area (Å²) in [6, 6.07) is 0.605. The average Bonchev–Trinajstić information content (AvgIpc) is 2.64.